The summed E-state index contributed by atoms with van der Waals surface area (Å²) in [5.74, 6) is -0.852. The highest BCUT2D eigenvalue weighted by molar-refractivity contribution is 7.16. The summed E-state index contributed by atoms with van der Waals surface area (Å²) in [6, 6.07) is 9.35. The van der Waals surface area contributed by atoms with Gasteiger partial charge < -0.3 is 10.6 Å². The second kappa shape index (κ2) is 8.06. The van der Waals surface area contributed by atoms with E-state index in [1.54, 1.807) is 0 Å². The Morgan fingerprint density at radius 1 is 1.16 bits per heavy atom. The Bertz CT molecular complexity index is 1160. The molecule has 1 aromatic heterocycles. The van der Waals surface area contributed by atoms with Gasteiger partial charge in [0.05, 0.1) is 5.56 Å². The van der Waals surface area contributed by atoms with Crippen molar-refractivity contribution in [3.05, 3.63) is 51.4 Å². The maximum atomic E-state index is 13.4. The molecule has 1 atom stereocenters. The molecular weight excluding hydrogens is 424 g/mol. The Labute approximate surface area is 190 Å². The van der Waals surface area contributed by atoms with Crippen LogP contribution < -0.4 is 10.6 Å². The SMILES string of the molecule is N#Cc1c(NC(=O)CN2C(=O)NC3(CCCc4ccccc43)C2=O)sc2c1CCCCC2. The molecule has 1 aliphatic heterocycles. The summed E-state index contributed by atoms with van der Waals surface area (Å²) < 4.78 is 0. The summed E-state index contributed by atoms with van der Waals surface area (Å²) in [5.41, 5.74) is 2.34. The predicted octanol–water partition coefficient (Wildman–Crippen LogP) is 3.61. The maximum absolute atomic E-state index is 13.4. The molecule has 2 N–H and O–H groups in total. The van der Waals surface area contributed by atoms with Gasteiger partial charge in [0, 0.05) is 4.88 Å². The first kappa shape index (κ1) is 20.7. The van der Waals surface area contributed by atoms with Gasteiger partial charge in [0.1, 0.15) is 23.2 Å². The number of nitriles is 1. The molecule has 2 aliphatic carbocycles. The summed E-state index contributed by atoms with van der Waals surface area (Å²) in [4.78, 5) is 41.1. The van der Waals surface area contributed by atoms with Crippen LogP contribution in [0.4, 0.5) is 9.80 Å². The maximum Gasteiger partial charge on any atom is 0.325 e. The zero-order valence-electron chi connectivity index (χ0n) is 17.7. The van der Waals surface area contributed by atoms with E-state index in [-0.39, 0.29) is 12.5 Å². The van der Waals surface area contributed by atoms with E-state index < -0.39 is 17.5 Å². The lowest BCUT2D eigenvalue weighted by atomic mass is 9.76. The summed E-state index contributed by atoms with van der Waals surface area (Å²) in [6.45, 7) is -0.373. The molecule has 0 bridgehead atoms. The van der Waals surface area contributed by atoms with Gasteiger partial charge in [0.15, 0.2) is 0 Å². The molecule has 1 fully saturated rings. The van der Waals surface area contributed by atoms with Gasteiger partial charge in [-0.15, -0.1) is 11.3 Å². The Kier molecular flexibility index (Phi) is 5.22. The fourth-order valence-electron chi connectivity index (χ4n) is 5.21. The topological polar surface area (TPSA) is 102 Å². The van der Waals surface area contributed by atoms with E-state index in [0.717, 1.165) is 71.4 Å². The van der Waals surface area contributed by atoms with Crippen LogP contribution in [0.25, 0.3) is 0 Å². The summed E-state index contributed by atoms with van der Waals surface area (Å²) in [6.07, 6.45) is 7.19. The van der Waals surface area contributed by atoms with Crippen molar-refractivity contribution in [1.82, 2.24) is 10.2 Å². The van der Waals surface area contributed by atoms with Crippen molar-refractivity contribution in [3.8, 4) is 6.07 Å². The van der Waals surface area contributed by atoms with E-state index in [9.17, 15) is 19.6 Å². The minimum absolute atomic E-state index is 0.373. The van der Waals surface area contributed by atoms with Crippen molar-refractivity contribution < 1.29 is 14.4 Å². The largest absolute Gasteiger partial charge is 0.325 e. The van der Waals surface area contributed by atoms with Gasteiger partial charge in [-0.2, -0.15) is 5.26 Å². The van der Waals surface area contributed by atoms with Gasteiger partial charge in [0.2, 0.25) is 5.91 Å². The Balaban J connectivity index is 1.36. The smallest absolute Gasteiger partial charge is 0.319 e. The number of nitrogens with zero attached hydrogens (tertiary/aromatic N) is 2. The van der Waals surface area contributed by atoms with Crippen molar-refractivity contribution in [1.29, 1.82) is 5.26 Å². The first-order valence-electron chi connectivity index (χ1n) is 11.1. The van der Waals surface area contributed by atoms with Gasteiger partial charge in [0.25, 0.3) is 5.91 Å². The van der Waals surface area contributed by atoms with Crippen molar-refractivity contribution >= 4 is 34.2 Å². The molecule has 164 valence electrons. The van der Waals surface area contributed by atoms with E-state index in [4.69, 9.17) is 0 Å². The molecule has 2 aromatic rings. The van der Waals surface area contributed by atoms with Crippen molar-refractivity contribution in [2.75, 3.05) is 11.9 Å². The molecule has 7 nitrogen and oxygen atoms in total. The normalized spacial score (nSPS) is 22.0. The fraction of sp³-hybridized carbons (Fsp3) is 0.417. The lowest BCUT2D eigenvalue weighted by Crippen LogP contribution is -2.47. The van der Waals surface area contributed by atoms with E-state index in [1.165, 1.54) is 11.3 Å². The number of nitrogens with one attached hydrogen (secondary N) is 2. The average Bonchev–Trinajstić information content (AvgIpc) is 3.10. The number of thiophene rings is 1. The second-order valence-corrected chi connectivity index (χ2v) is 9.77. The van der Waals surface area contributed by atoms with Crippen LogP contribution in [0, 0.1) is 11.3 Å². The number of hydrogen-bond donors (Lipinski definition) is 2. The molecule has 0 saturated carbocycles. The number of carbonyl (C=O) groups is 3. The number of carbonyl (C=O) groups excluding carboxylic acids is 3. The first-order valence-corrected chi connectivity index (χ1v) is 11.9. The third kappa shape index (κ3) is 3.28. The van der Waals surface area contributed by atoms with E-state index in [2.05, 4.69) is 16.7 Å². The number of hydrogen-bond acceptors (Lipinski definition) is 5. The zero-order valence-corrected chi connectivity index (χ0v) is 18.5. The molecule has 3 aliphatic rings. The van der Waals surface area contributed by atoms with Crippen molar-refractivity contribution in [3.63, 3.8) is 0 Å². The fourth-order valence-corrected chi connectivity index (χ4v) is 6.47. The molecule has 1 unspecified atom stereocenters. The van der Waals surface area contributed by atoms with Crippen molar-refractivity contribution in [2.24, 2.45) is 0 Å². The predicted molar refractivity (Wildman–Crippen MR) is 120 cm³/mol. The minimum Gasteiger partial charge on any atom is -0.319 e. The monoisotopic (exact) mass is 448 g/mol. The van der Waals surface area contributed by atoms with Gasteiger partial charge >= 0.3 is 6.03 Å². The molecule has 1 spiro atoms. The molecule has 8 heteroatoms. The molecule has 1 aromatic carbocycles. The third-order valence-electron chi connectivity index (χ3n) is 6.74. The lowest BCUT2D eigenvalue weighted by molar-refractivity contribution is -0.134. The molecular formula is C24H24N4O3S. The Morgan fingerprint density at radius 3 is 2.81 bits per heavy atom. The van der Waals surface area contributed by atoms with Gasteiger partial charge in [-0.05, 0) is 61.6 Å². The number of aryl methyl sites for hydroxylation is 2. The molecule has 2 heterocycles. The number of fused-ring (bicyclic) bond motifs is 3. The quantitative estimate of drug-likeness (QED) is 0.553. The zero-order chi connectivity index (χ0) is 22.3. The third-order valence-corrected chi connectivity index (χ3v) is 7.95. The van der Waals surface area contributed by atoms with Crippen LogP contribution in [0.1, 0.15) is 59.2 Å². The molecule has 0 radical (unpaired) electrons. The number of amides is 4. The molecule has 1 saturated heterocycles. The average molecular weight is 449 g/mol. The number of rotatable bonds is 3. The van der Waals surface area contributed by atoms with Crippen LogP contribution in [0.5, 0.6) is 0 Å². The number of imide groups is 1. The molecule has 5 rings (SSSR count). The van der Waals surface area contributed by atoms with Crippen LogP contribution in [0.15, 0.2) is 24.3 Å². The number of anilines is 1. The van der Waals surface area contributed by atoms with Gasteiger partial charge in [-0.25, -0.2) is 4.79 Å². The lowest BCUT2D eigenvalue weighted by Gasteiger charge is -2.33. The van der Waals surface area contributed by atoms with E-state index >= 15 is 0 Å². The van der Waals surface area contributed by atoms with Crippen LogP contribution in [0.3, 0.4) is 0 Å². The molecule has 4 amide bonds. The second-order valence-electron chi connectivity index (χ2n) is 8.67. The van der Waals surface area contributed by atoms with Gasteiger partial charge in [-0.3, -0.25) is 14.5 Å². The summed E-state index contributed by atoms with van der Waals surface area (Å²) in [5, 5.41) is 15.9. The van der Waals surface area contributed by atoms with Crippen LogP contribution in [-0.2, 0) is 34.4 Å². The Morgan fingerprint density at radius 2 is 1.97 bits per heavy atom. The van der Waals surface area contributed by atoms with Crippen LogP contribution >= 0.6 is 11.3 Å². The summed E-state index contributed by atoms with van der Waals surface area (Å²) in [7, 11) is 0. The van der Waals surface area contributed by atoms with Gasteiger partial charge in [-0.1, -0.05) is 30.7 Å². The number of urea groups is 1. The highest BCUT2D eigenvalue weighted by atomic mass is 32.1. The minimum atomic E-state index is -1.09. The molecule has 32 heavy (non-hydrogen) atoms. The first-order chi connectivity index (χ1) is 15.5. The van der Waals surface area contributed by atoms with Crippen molar-refractivity contribution in [2.45, 2.75) is 56.9 Å². The standard InChI is InChI=1S/C24H24N4O3S/c25-13-17-16-9-2-1-3-11-19(16)32-21(17)26-20(29)14-28-22(30)24(27-23(28)31)12-6-8-15-7-4-5-10-18(15)24/h4-5,7,10H,1-3,6,8-9,11-12,14H2,(H,26,29)(H,27,31). The number of benzene rings is 1. The summed E-state index contributed by atoms with van der Waals surface area (Å²) >= 11 is 1.44. The highest BCUT2D eigenvalue weighted by Gasteiger charge is 2.54. The highest BCUT2D eigenvalue weighted by Crippen LogP contribution is 2.40. The van der Waals surface area contributed by atoms with E-state index in [1.807, 2.05) is 24.3 Å². The van der Waals surface area contributed by atoms with Crippen LogP contribution in [-0.4, -0.2) is 29.3 Å². The Hall–Kier alpha value is -3.18. The van der Waals surface area contributed by atoms with E-state index in [0.29, 0.717) is 17.0 Å². The van der Waals surface area contributed by atoms with Crippen LogP contribution in [0.2, 0.25) is 0 Å².